The summed E-state index contributed by atoms with van der Waals surface area (Å²) in [5.41, 5.74) is 0.984. The van der Waals surface area contributed by atoms with E-state index in [9.17, 15) is 4.79 Å². The van der Waals surface area contributed by atoms with Crippen molar-refractivity contribution in [3.8, 4) is 11.5 Å². The van der Waals surface area contributed by atoms with Crippen LogP contribution in [0.5, 0.6) is 11.5 Å². The average Bonchev–Trinajstić information content (AvgIpc) is 2.48. The number of morpholine rings is 1. The van der Waals surface area contributed by atoms with Crippen LogP contribution in [0.2, 0.25) is 0 Å². The van der Waals surface area contributed by atoms with Crippen LogP contribution in [-0.2, 0) is 9.53 Å². The number of hydrogen-bond acceptors (Lipinski definition) is 4. The Labute approximate surface area is 119 Å². The Balaban J connectivity index is 2.09. The average molecular weight is 279 g/mol. The molecule has 1 atom stereocenters. The molecule has 0 aliphatic carbocycles. The maximum absolute atomic E-state index is 11.1. The highest BCUT2D eigenvalue weighted by molar-refractivity contribution is 5.77. The largest absolute Gasteiger partial charge is 0.493 e. The van der Waals surface area contributed by atoms with Crippen LogP contribution < -0.4 is 14.8 Å². The summed E-state index contributed by atoms with van der Waals surface area (Å²) in [6.45, 7) is 3.37. The number of unbranched alkanes of at least 4 members (excludes halogenated alkanes) is 1. The molecule has 1 N–H and O–H groups in total. The molecule has 2 rings (SSSR count). The number of benzene rings is 1. The van der Waals surface area contributed by atoms with Crippen LogP contribution in [0, 0.1) is 0 Å². The van der Waals surface area contributed by atoms with E-state index in [0.29, 0.717) is 18.9 Å². The SMILES string of the molecule is CCCCOc1cc(C2CNC(=O)CO2)ccc1OC. The summed E-state index contributed by atoms with van der Waals surface area (Å²) in [4.78, 5) is 11.1. The van der Waals surface area contributed by atoms with E-state index < -0.39 is 0 Å². The number of nitrogens with one attached hydrogen (secondary N) is 1. The molecule has 1 unspecified atom stereocenters. The molecule has 1 fully saturated rings. The highest BCUT2D eigenvalue weighted by Gasteiger charge is 2.21. The summed E-state index contributed by atoms with van der Waals surface area (Å²) in [6, 6.07) is 5.74. The number of carbonyl (C=O) groups is 1. The van der Waals surface area contributed by atoms with Crippen LogP contribution >= 0.6 is 0 Å². The molecule has 1 aliphatic rings. The lowest BCUT2D eigenvalue weighted by Crippen LogP contribution is -2.38. The molecule has 0 bridgehead atoms. The highest BCUT2D eigenvalue weighted by Crippen LogP contribution is 2.31. The van der Waals surface area contributed by atoms with E-state index in [1.165, 1.54) is 0 Å². The van der Waals surface area contributed by atoms with Gasteiger partial charge in [0.2, 0.25) is 5.91 Å². The van der Waals surface area contributed by atoms with Crippen molar-refractivity contribution >= 4 is 5.91 Å². The Kier molecular flexibility index (Phi) is 5.24. The van der Waals surface area contributed by atoms with E-state index >= 15 is 0 Å². The zero-order chi connectivity index (χ0) is 14.4. The van der Waals surface area contributed by atoms with Crippen molar-refractivity contribution in [3.63, 3.8) is 0 Å². The van der Waals surface area contributed by atoms with Crippen LogP contribution in [-0.4, -0.2) is 32.8 Å². The van der Waals surface area contributed by atoms with Crippen molar-refractivity contribution in [3.05, 3.63) is 23.8 Å². The van der Waals surface area contributed by atoms with Crippen LogP contribution in [0.1, 0.15) is 31.4 Å². The molecule has 0 aromatic heterocycles. The third kappa shape index (κ3) is 3.63. The maximum Gasteiger partial charge on any atom is 0.246 e. The molecule has 0 spiro atoms. The number of amides is 1. The minimum Gasteiger partial charge on any atom is -0.493 e. The lowest BCUT2D eigenvalue weighted by Gasteiger charge is -2.24. The van der Waals surface area contributed by atoms with E-state index in [2.05, 4.69) is 12.2 Å². The van der Waals surface area contributed by atoms with Gasteiger partial charge >= 0.3 is 0 Å². The maximum atomic E-state index is 11.1. The molecule has 1 aromatic rings. The molecular formula is C15H21NO4. The zero-order valence-corrected chi connectivity index (χ0v) is 12.0. The molecule has 5 nitrogen and oxygen atoms in total. The van der Waals surface area contributed by atoms with Crippen LogP contribution in [0.15, 0.2) is 18.2 Å². The molecule has 1 heterocycles. The third-order valence-electron chi connectivity index (χ3n) is 3.22. The normalized spacial score (nSPS) is 18.5. The molecule has 5 heteroatoms. The standard InChI is InChI=1S/C15H21NO4/c1-3-4-7-19-13-8-11(5-6-12(13)18-2)14-9-16-15(17)10-20-14/h5-6,8,14H,3-4,7,9-10H2,1-2H3,(H,16,17). The van der Waals surface area contributed by atoms with Gasteiger partial charge < -0.3 is 19.5 Å². The van der Waals surface area contributed by atoms with Crippen molar-refractivity contribution in [1.82, 2.24) is 5.32 Å². The van der Waals surface area contributed by atoms with Crippen LogP contribution in [0.25, 0.3) is 0 Å². The summed E-state index contributed by atoms with van der Waals surface area (Å²) >= 11 is 0. The first-order valence-electron chi connectivity index (χ1n) is 6.93. The number of ether oxygens (including phenoxy) is 3. The highest BCUT2D eigenvalue weighted by atomic mass is 16.5. The van der Waals surface area contributed by atoms with Crippen molar-refractivity contribution < 1.29 is 19.0 Å². The molecule has 0 radical (unpaired) electrons. The molecule has 1 saturated heterocycles. The molecule has 1 aliphatic heterocycles. The van der Waals surface area contributed by atoms with Crippen molar-refractivity contribution in [1.29, 1.82) is 0 Å². The Bertz CT molecular complexity index is 451. The van der Waals surface area contributed by atoms with Gasteiger partial charge in [-0.15, -0.1) is 0 Å². The Hall–Kier alpha value is -1.75. The molecular weight excluding hydrogens is 258 g/mol. The van der Waals surface area contributed by atoms with Gasteiger partial charge in [0.25, 0.3) is 0 Å². The molecule has 0 saturated carbocycles. The van der Waals surface area contributed by atoms with Crippen LogP contribution in [0.4, 0.5) is 0 Å². The van der Waals surface area contributed by atoms with Gasteiger partial charge in [0.05, 0.1) is 13.7 Å². The van der Waals surface area contributed by atoms with Gasteiger partial charge in [0.1, 0.15) is 12.7 Å². The quantitative estimate of drug-likeness (QED) is 0.810. The van der Waals surface area contributed by atoms with Gasteiger partial charge in [-0.3, -0.25) is 4.79 Å². The lowest BCUT2D eigenvalue weighted by atomic mass is 10.1. The Morgan fingerprint density at radius 1 is 1.40 bits per heavy atom. The topological polar surface area (TPSA) is 56.8 Å². The lowest BCUT2D eigenvalue weighted by molar-refractivity contribution is -0.133. The van der Waals surface area contributed by atoms with Crippen molar-refractivity contribution in [2.24, 2.45) is 0 Å². The molecule has 20 heavy (non-hydrogen) atoms. The predicted octanol–water partition coefficient (Wildman–Crippen LogP) is 2.06. The fraction of sp³-hybridized carbons (Fsp3) is 0.533. The van der Waals surface area contributed by atoms with Crippen molar-refractivity contribution in [2.45, 2.75) is 25.9 Å². The van der Waals surface area contributed by atoms with E-state index in [-0.39, 0.29) is 18.6 Å². The monoisotopic (exact) mass is 279 g/mol. The first-order chi connectivity index (χ1) is 9.74. The first-order valence-corrected chi connectivity index (χ1v) is 6.93. The van der Waals surface area contributed by atoms with Gasteiger partial charge in [-0.2, -0.15) is 0 Å². The van der Waals surface area contributed by atoms with E-state index in [1.54, 1.807) is 7.11 Å². The second-order valence-electron chi connectivity index (χ2n) is 4.72. The van der Waals surface area contributed by atoms with Gasteiger partial charge in [-0.25, -0.2) is 0 Å². The fourth-order valence-corrected chi connectivity index (χ4v) is 2.04. The summed E-state index contributed by atoms with van der Waals surface area (Å²) in [6.07, 6.45) is 1.95. The molecule has 1 aromatic carbocycles. The van der Waals surface area contributed by atoms with Gasteiger partial charge in [-0.1, -0.05) is 19.4 Å². The number of carbonyl (C=O) groups excluding carboxylic acids is 1. The smallest absolute Gasteiger partial charge is 0.246 e. The minimum atomic E-state index is -0.132. The minimum absolute atomic E-state index is 0.0748. The fourth-order valence-electron chi connectivity index (χ4n) is 2.04. The molecule has 1 amide bonds. The zero-order valence-electron chi connectivity index (χ0n) is 12.0. The summed E-state index contributed by atoms with van der Waals surface area (Å²) < 4.78 is 16.6. The number of hydrogen-bond donors (Lipinski definition) is 1. The van der Waals surface area contributed by atoms with Crippen LogP contribution in [0.3, 0.4) is 0 Å². The number of rotatable bonds is 6. The van der Waals surface area contributed by atoms with Crippen molar-refractivity contribution in [2.75, 3.05) is 26.9 Å². The summed E-state index contributed by atoms with van der Waals surface area (Å²) in [5.74, 6) is 1.36. The Morgan fingerprint density at radius 3 is 2.90 bits per heavy atom. The second-order valence-corrected chi connectivity index (χ2v) is 4.72. The summed E-state index contributed by atoms with van der Waals surface area (Å²) in [5, 5.41) is 2.79. The summed E-state index contributed by atoms with van der Waals surface area (Å²) in [7, 11) is 1.62. The van der Waals surface area contributed by atoms with Gasteiger partial charge in [0, 0.05) is 6.54 Å². The Morgan fingerprint density at radius 2 is 2.25 bits per heavy atom. The predicted molar refractivity (Wildman–Crippen MR) is 75.1 cm³/mol. The molecule has 110 valence electrons. The van der Waals surface area contributed by atoms with E-state index in [4.69, 9.17) is 14.2 Å². The van der Waals surface area contributed by atoms with Gasteiger partial charge in [0.15, 0.2) is 11.5 Å². The van der Waals surface area contributed by atoms with E-state index in [0.717, 1.165) is 24.2 Å². The van der Waals surface area contributed by atoms with Gasteiger partial charge in [-0.05, 0) is 24.1 Å². The first kappa shape index (κ1) is 14.7. The second kappa shape index (κ2) is 7.14. The third-order valence-corrected chi connectivity index (χ3v) is 3.22. The number of methoxy groups -OCH3 is 1. The van der Waals surface area contributed by atoms with E-state index in [1.807, 2.05) is 18.2 Å².